The molecule has 66 heavy (non-hydrogen) atoms. The van der Waals surface area contributed by atoms with E-state index in [9.17, 15) is 0 Å². The molecule has 0 fully saturated rings. The molecule has 6 radical (unpaired) electrons. The first-order valence-corrected chi connectivity index (χ1v) is 23.9. The highest BCUT2D eigenvalue weighted by atomic mass is 14.3. The molecule has 0 nitrogen and oxygen atoms in total. The summed E-state index contributed by atoms with van der Waals surface area (Å²) in [4.78, 5) is 0. The Balaban J connectivity index is 0.000000161. The van der Waals surface area contributed by atoms with Gasteiger partial charge < -0.3 is 0 Å². The first kappa shape index (κ1) is 45.1. The van der Waals surface area contributed by atoms with Gasteiger partial charge in [-0.3, -0.25) is 0 Å². The summed E-state index contributed by atoms with van der Waals surface area (Å²) in [5, 5.41) is 0. The lowest BCUT2D eigenvalue weighted by Gasteiger charge is -2.20. The van der Waals surface area contributed by atoms with Gasteiger partial charge in [0.25, 0.3) is 0 Å². The number of rotatable bonds is 6. The quantitative estimate of drug-likeness (QED) is 0.146. The van der Waals surface area contributed by atoms with Gasteiger partial charge in [-0.1, -0.05) is 121 Å². The van der Waals surface area contributed by atoms with Crippen molar-refractivity contribution in [3.63, 3.8) is 0 Å². The van der Waals surface area contributed by atoms with E-state index in [1.54, 1.807) is 33.4 Å². The summed E-state index contributed by atoms with van der Waals surface area (Å²) in [7, 11) is 0. The summed E-state index contributed by atoms with van der Waals surface area (Å²) in [5.74, 6) is 0. The fraction of sp³-hybridized carbons (Fsp3) is 0.250. The van der Waals surface area contributed by atoms with Gasteiger partial charge in [0.15, 0.2) is 0 Å². The van der Waals surface area contributed by atoms with Gasteiger partial charge in [-0.05, 0) is 263 Å². The second-order valence-electron chi connectivity index (χ2n) is 19.5. The minimum absolute atomic E-state index is 0. The molecule has 0 unspecified atom stereocenters. The van der Waals surface area contributed by atoms with Crippen LogP contribution < -0.4 is 0 Å². The maximum Gasteiger partial charge on any atom is 0 e. The standard InChI is InChI=1S/2C32H30.2B/c2*1-19-9-7-12-25-18-30-26(21(3)20(2)22(4)32(30)31(19)25)16-15-23-11-8-14-28-27-13-6-5-10-24(27)17-29(23)28;;/h2*5-14H,15-18H2,1-4H3;;. The van der Waals surface area contributed by atoms with Gasteiger partial charge in [0.1, 0.15) is 0 Å². The number of hydrogen-bond acceptors (Lipinski definition) is 0. The van der Waals surface area contributed by atoms with Crippen LogP contribution >= 0.6 is 0 Å². The fourth-order valence-electron chi connectivity index (χ4n) is 12.6. The van der Waals surface area contributed by atoms with E-state index < -0.39 is 0 Å². The second kappa shape index (κ2) is 17.6. The van der Waals surface area contributed by atoms with E-state index in [0.29, 0.717) is 0 Å². The van der Waals surface area contributed by atoms with E-state index in [4.69, 9.17) is 0 Å². The maximum atomic E-state index is 2.36. The van der Waals surface area contributed by atoms with Gasteiger partial charge in [0.2, 0.25) is 0 Å². The minimum atomic E-state index is 0. The Kier molecular flexibility index (Phi) is 12.0. The van der Waals surface area contributed by atoms with Crippen molar-refractivity contribution in [1.29, 1.82) is 0 Å². The van der Waals surface area contributed by atoms with Gasteiger partial charge in [-0.15, -0.1) is 0 Å². The van der Waals surface area contributed by atoms with E-state index >= 15 is 0 Å². The fourth-order valence-corrected chi connectivity index (χ4v) is 12.6. The number of benzene rings is 8. The van der Waals surface area contributed by atoms with E-state index in [-0.39, 0.29) is 16.8 Å². The van der Waals surface area contributed by atoms with Crippen LogP contribution in [0.1, 0.15) is 111 Å². The molecule has 0 heterocycles. The molecule has 12 rings (SSSR count). The van der Waals surface area contributed by atoms with Crippen LogP contribution in [0.25, 0.3) is 44.5 Å². The Labute approximate surface area is 398 Å². The molecule has 0 saturated carbocycles. The molecule has 0 bridgehead atoms. The van der Waals surface area contributed by atoms with E-state index in [1.807, 2.05) is 0 Å². The molecule has 0 saturated heterocycles. The Hall–Kier alpha value is -6.11. The highest BCUT2D eigenvalue weighted by Crippen LogP contribution is 2.48. The van der Waals surface area contributed by atoms with Crippen LogP contribution in [0.5, 0.6) is 0 Å². The van der Waals surface area contributed by atoms with Crippen molar-refractivity contribution < 1.29 is 0 Å². The summed E-state index contributed by atoms with van der Waals surface area (Å²) in [6.07, 6.45) is 8.80. The Morgan fingerprint density at radius 1 is 0.288 bits per heavy atom. The summed E-state index contributed by atoms with van der Waals surface area (Å²) < 4.78 is 0. The summed E-state index contributed by atoms with van der Waals surface area (Å²) >= 11 is 0. The van der Waals surface area contributed by atoms with Crippen LogP contribution in [-0.2, 0) is 51.4 Å². The minimum Gasteiger partial charge on any atom is -0.0619 e. The normalized spacial score (nSPS) is 12.6. The van der Waals surface area contributed by atoms with Crippen molar-refractivity contribution in [2.45, 2.75) is 107 Å². The van der Waals surface area contributed by atoms with Gasteiger partial charge in [-0.2, -0.15) is 0 Å². The predicted molar refractivity (Wildman–Crippen MR) is 283 cm³/mol. The lowest BCUT2D eigenvalue weighted by Crippen LogP contribution is -2.05. The molecule has 8 aromatic rings. The molecule has 322 valence electrons. The lowest BCUT2D eigenvalue weighted by atomic mass is 9.85. The van der Waals surface area contributed by atoms with E-state index in [2.05, 4.69) is 177 Å². The van der Waals surface area contributed by atoms with Crippen LogP contribution in [0, 0.1) is 55.4 Å². The van der Waals surface area contributed by atoms with Crippen molar-refractivity contribution in [1.82, 2.24) is 0 Å². The molecule has 0 N–H and O–H groups in total. The Morgan fingerprint density at radius 3 is 1.06 bits per heavy atom. The largest absolute Gasteiger partial charge is 0.0619 e. The molecule has 0 spiro atoms. The van der Waals surface area contributed by atoms with Crippen LogP contribution in [0.4, 0.5) is 0 Å². The van der Waals surface area contributed by atoms with Gasteiger partial charge in [0.05, 0.1) is 0 Å². The predicted octanol–water partition coefficient (Wildman–Crippen LogP) is 14.9. The topological polar surface area (TPSA) is 0 Å². The van der Waals surface area contributed by atoms with E-state index in [0.717, 1.165) is 51.4 Å². The molecular formula is C64H60B2. The third kappa shape index (κ3) is 7.15. The molecule has 0 aliphatic heterocycles. The first-order chi connectivity index (χ1) is 31.1. The third-order valence-electron chi connectivity index (χ3n) is 16.4. The van der Waals surface area contributed by atoms with Crippen LogP contribution in [0.2, 0.25) is 0 Å². The monoisotopic (exact) mass is 850 g/mol. The number of hydrogen-bond donors (Lipinski definition) is 0. The maximum absolute atomic E-state index is 2.36. The molecule has 0 aromatic heterocycles. The van der Waals surface area contributed by atoms with Crippen LogP contribution in [-0.4, -0.2) is 16.8 Å². The zero-order valence-electron chi connectivity index (χ0n) is 40.4. The molecular weight excluding hydrogens is 790 g/mol. The second-order valence-corrected chi connectivity index (χ2v) is 19.5. The van der Waals surface area contributed by atoms with Crippen molar-refractivity contribution >= 4 is 16.8 Å². The van der Waals surface area contributed by atoms with Crippen LogP contribution in [0.3, 0.4) is 0 Å². The van der Waals surface area contributed by atoms with Crippen molar-refractivity contribution in [2.75, 3.05) is 0 Å². The third-order valence-corrected chi connectivity index (χ3v) is 16.4. The van der Waals surface area contributed by atoms with Crippen molar-refractivity contribution in [3.05, 3.63) is 233 Å². The zero-order valence-corrected chi connectivity index (χ0v) is 40.4. The number of fused-ring (bicyclic) bond motifs is 12. The highest BCUT2D eigenvalue weighted by Gasteiger charge is 2.30. The van der Waals surface area contributed by atoms with E-state index in [1.165, 1.54) is 122 Å². The number of aryl methyl sites for hydroxylation is 4. The average molecular weight is 851 g/mol. The van der Waals surface area contributed by atoms with Crippen molar-refractivity contribution in [2.24, 2.45) is 0 Å². The molecule has 0 amide bonds. The zero-order chi connectivity index (χ0) is 44.0. The summed E-state index contributed by atoms with van der Waals surface area (Å²) in [5.41, 5.74) is 42.0. The molecule has 0 atom stereocenters. The van der Waals surface area contributed by atoms with Crippen LogP contribution in [0.15, 0.2) is 121 Å². The van der Waals surface area contributed by atoms with Crippen molar-refractivity contribution in [3.8, 4) is 44.5 Å². The Morgan fingerprint density at radius 2 is 0.636 bits per heavy atom. The summed E-state index contributed by atoms with van der Waals surface area (Å²) in [6.45, 7) is 18.5. The molecule has 4 aliphatic rings. The summed E-state index contributed by atoms with van der Waals surface area (Å²) in [6, 6.07) is 45.3. The average Bonchev–Trinajstić information content (AvgIpc) is 4.09. The smallest absolute Gasteiger partial charge is 0 e. The first-order valence-electron chi connectivity index (χ1n) is 23.9. The molecule has 4 aliphatic carbocycles. The van der Waals surface area contributed by atoms with Gasteiger partial charge >= 0.3 is 0 Å². The molecule has 8 aromatic carbocycles. The van der Waals surface area contributed by atoms with Gasteiger partial charge in [0, 0.05) is 16.8 Å². The SMILES string of the molecule is Cc1cccc2c1-c1c(C)c(C)c(C)c(CCc3cccc4c3Cc3ccccc3-4)c1C2.Cc1cccc2c1-c1c(C)c(C)c(C)c(CCc3cccc4c3Cc3ccccc3-4)c1C2.[B].[B]. The van der Waals surface area contributed by atoms with Gasteiger partial charge in [-0.25, -0.2) is 0 Å². The molecule has 2 heteroatoms. The Bertz CT molecular complexity index is 3030. The lowest BCUT2D eigenvalue weighted by molar-refractivity contribution is 0.914. The highest BCUT2D eigenvalue weighted by molar-refractivity contribution is 5.86.